The van der Waals surface area contributed by atoms with Gasteiger partial charge in [0, 0.05) is 23.1 Å². The Morgan fingerprint density at radius 2 is 2.05 bits per heavy atom. The van der Waals surface area contributed by atoms with Crippen molar-refractivity contribution in [2.75, 3.05) is 5.32 Å². The molecule has 0 bridgehead atoms. The predicted octanol–water partition coefficient (Wildman–Crippen LogP) is 1.17. The van der Waals surface area contributed by atoms with E-state index in [1.807, 2.05) is 6.07 Å². The van der Waals surface area contributed by atoms with Crippen LogP contribution in [0.5, 0.6) is 0 Å². The standard InChI is InChI=1S/C16H16N2O3/c17-10-9-11-5-7-12(8-6-11)18-15(19)13-3-1-2-4-14(13)16(20)21/h3,5-8,14H,1-2,4,9H2,(H,18,19)(H,20,21)/p-1/t14-/m0/s1. The first-order valence-electron chi connectivity index (χ1n) is 6.80. The maximum Gasteiger partial charge on any atom is 0.251 e. The van der Waals surface area contributed by atoms with Crippen LogP contribution in [-0.4, -0.2) is 11.9 Å². The minimum atomic E-state index is -1.21. The fourth-order valence-corrected chi connectivity index (χ4v) is 2.37. The maximum absolute atomic E-state index is 12.2. The van der Waals surface area contributed by atoms with Gasteiger partial charge in [-0.15, -0.1) is 0 Å². The summed E-state index contributed by atoms with van der Waals surface area (Å²) < 4.78 is 0. The van der Waals surface area contributed by atoms with Crippen LogP contribution in [0.4, 0.5) is 5.69 Å². The van der Waals surface area contributed by atoms with Gasteiger partial charge in [0.05, 0.1) is 12.5 Å². The van der Waals surface area contributed by atoms with Crippen LogP contribution >= 0.6 is 0 Å². The number of hydrogen-bond acceptors (Lipinski definition) is 4. The highest BCUT2D eigenvalue weighted by atomic mass is 16.4. The first-order valence-corrected chi connectivity index (χ1v) is 6.80. The Balaban J connectivity index is 2.08. The number of rotatable bonds is 4. The SMILES string of the molecule is N#CCc1ccc(NC(=O)C2=CCCC[C@@H]2C(=O)[O-])cc1. The van der Waals surface area contributed by atoms with E-state index in [9.17, 15) is 14.7 Å². The van der Waals surface area contributed by atoms with Gasteiger partial charge in [-0.2, -0.15) is 5.26 Å². The lowest BCUT2D eigenvalue weighted by Gasteiger charge is -2.24. The molecule has 0 heterocycles. The van der Waals surface area contributed by atoms with Gasteiger partial charge in [0.25, 0.3) is 5.91 Å². The van der Waals surface area contributed by atoms with Gasteiger partial charge in [-0.05, 0) is 37.0 Å². The second-order valence-corrected chi connectivity index (χ2v) is 4.95. The summed E-state index contributed by atoms with van der Waals surface area (Å²) in [6.45, 7) is 0. The Labute approximate surface area is 122 Å². The third-order valence-electron chi connectivity index (χ3n) is 3.48. The topological polar surface area (TPSA) is 93.0 Å². The molecule has 0 aromatic heterocycles. The van der Waals surface area contributed by atoms with Crippen molar-refractivity contribution >= 4 is 17.6 Å². The van der Waals surface area contributed by atoms with Crippen LogP contribution in [0.1, 0.15) is 24.8 Å². The minimum Gasteiger partial charge on any atom is -0.549 e. The second kappa shape index (κ2) is 6.71. The zero-order valence-electron chi connectivity index (χ0n) is 11.5. The van der Waals surface area contributed by atoms with Crippen LogP contribution in [0.25, 0.3) is 0 Å². The molecular weight excluding hydrogens is 268 g/mol. The van der Waals surface area contributed by atoms with Crippen LogP contribution in [0.3, 0.4) is 0 Å². The Kier molecular flexibility index (Phi) is 4.72. The molecule has 1 aromatic rings. The molecule has 1 aliphatic rings. The van der Waals surface area contributed by atoms with Gasteiger partial charge in [0.2, 0.25) is 0 Å². The van der Waals surface area contributed by atoms with Crippen LogP contribution < -0.4 is 10.4 Å². The van der Waals surface area contributed by atoms with E-state index in [1.54, 1.807) is 30.3 Å². The summed E-state index contributed by atoms with van der Waals surface area (Å²) >= 11 is 0. The zero-order valence-corrected chi connectivity index (χ0v) is 11.5. The number of hydrogen-bond donors (Lipinski definition) is 1. The number of benzene rings is 1. The van der Waals surface area contributed by atoms with E-state index in [0.717, 1.165) is 12.0 Å². The van der Waals surface area contributed by atoms with Crippen molar-refractivity contribution < 1.29 is 14.7 Å². The molecule has 0 spiro atoms. The van der Waals surface area contributed by atoms with Crippen molar-refractivity contribution in [1.82, 2.24) is 0 Å². The number of nitrogens with zero attached hydrogens (tertiary/aromatic N) is 1. The van der Waals surface area contributed by atoms with Crippen LogP contribution in [0.2, 0.25) is 0 Å². The van der Waals surface area contributed by atoms with Crippen molar-refractivity contribution in [1.29, 1.82) is 5.26 Å². The quantitative estimate of drug-likeness (QED) is 0.897. The summed E-state index contributed by atoms with van der Waals surface area (Å²) in [5.41, 5.74) is 1.70. The van der Waals surface area contributed by atoms with Gasteiger partial charge in [-0.25, -0.2) is 0 Å². The molecule has 0 saturated heterocycles. The molecular formula is C16H15N2O3-. The Hall–Kier alpha value is -2.61. The molecule has 5 nitrogen and oxygen atoms in total. The third kappa shape index (κ3) is 3.69. The zero-order chi connectivity index (χ0) is 15.2. The van der Waals surface area contributed by atoms with Crippen molar-refractivity contribution in [3.05, 3.63) is 41.5 Å². The van der Waals surface area contributed by atoms with Crippen molar-refractivity contribution in [3.63, 3.8) is 0 Å². The second-order valence-electron chi connectivity index (χ2n) is 4.95. The van der Waals surface area contributed by atoms with Gasteiger partial charge in [0.15, 0.2) is 0 Å². The molecule has 1 aromatic carbocycles. The predicted molar refractivity (Wildman–Crippen MR) is 74.8 cm³/mol. The molecule has 0 radical (unpaired) electrons. The number of aliphatic carboxylic acids is 1. The number of amides is 1. The first-order chi connectivity index (χ1) is 10.1. The molecule has 1 amide bonds. The van der Waals surface area contributed by atoms with E-state index in [1.165, 1.54) is 0 Å². The summed E-state index contributed by atoms with van der Waals surface area (Å²) in [7, 11) is 0. The Morgan fingerprint density at radius 3 is 2.67 bits per heavy atom. The lowest BCUT2D eigenvalue weighted by molar-refractivity contribution is -0.310. The van der Waals surface area contributed by atoms with Crippen LogP contribution in [-0.2, 0) is 16.0 Å². The highest BCUT2D eigenvalue weighted by Crippen LogP contribution is 2.25. The van der Waals surface area contributed by atoms with Gasteiger partial charge in [-0.1, -0.05) is 18.2 Å². The summed E-state index contributed by atoms with van der Waals surface area (Å²) in [6.07, 6.45) is 3.87. The van der Waals surface area contributed by atoms with E-state index in [2.05, 4.69) is 5.32 Å². The van der Waals surface area contributed by atoms with E-state index in [4.69, 9.17) is 5.26 Å². The van der Waals surface area contributed by atoms with Crippen molar-refractivity contribution in [2.24, 2.45) is 5.92 Å². The molecule has 1 N–H and O–H groups in total. The number of nitrogens with one attached hydrogen (secondary N) is 1. The van der Waals surface area contributed by atoms with E-state index >= 15 is 0 Å². The van der Waals surface area contributed by atoms with Gasteiger partial charge in [-0.3, -0.25) is 4.79 Å². The fourth-order valence-electron chi connectivity index (χ4n) is 2.37. The molecule has 108 valence electrons. The lowest BCUT2D eigenvalue weighted by Crippen LogP contribution is -2.36. The minimum absolute atomic E-state index is 0.266. The molecule has 21 heavy (non-hydrogen) atoms. The molecule has 2 rings (SSSR count). The van der Waals surface area contributed by atoms with Gasteiger partial charge >= 0.3 is 0 Å². The Morgan fingerprint density at radius 1 is 1.33 bits per heavy atom. The normalized spacial score (nSPS) is 17.5. The van der Waals surface area contributed by atoms with Gasteiger partial charge in [0.1, 0.15) is 0 Å². The van der Waals surface area contributed by atoms with E-state index in [0.29, 0.717) is 24.9 Å². The van der Waals surface area contributed by atoms with Gasteiger partial charge < -0.3 is 15.2 Å². The smallest absolute Gasteiger partial charge is 0.251 e. The fraction of sp³-hybridized carbons (Fsp3) is 0.312. The Bertz CT molecular complexity index is 611. The number of nitriles is 1. The molecule has 1 aliphatic carbocycles. The molecule has 0 saturated carbocycles. The molecule has 1 atom stereocenters. The summed E-state index contributed by atoms with van der Waals surface area (Å²) in [5.74, 6) is -2.45. The summed E-state index contributed by atoms with van der Waals surface area (Å²) in [5, 5.41) is 22.4. The van der Waals surface area contributed by atoms with Crippen LogP contribution in [0.15, 0.2) is 35.9 Å². The van der Waals surface area contributed by atoms with E-state index in [-0.39, 0.29) is 5.57 Å². The molecule has 5 heteroatoms. The lowest BCUT2D eigenvalue weighted by atomic mass is 9.87. The van der Waals surface area contributed by atoms with Crippen molar-refractivity contribution in [2.45, 2.75) is 25.7 Å². The maximum atomic E-state index is 12.2. The number of anilines is 1. The number of carboxylic acids is 1. The highest BCUT2D eigenvalue weighted by molar-refractivity contribution is 6.06. The summed E-state index contributed by atoms with van der Waals surface area (Å²) in [4.78, 5) is 23.2. The number of allylic oxidation sites excluding steroid dienone is 1. The number of carboxylic acid groups (broad SMARTS) is 1. The average molecular weight is 283 g/mol. The molecule has 0 fully saturated rings. The van der Waals surface area contributed by atoms with Crippen LogP contribution in [0, 0.1) is 17.2 Å². The molecule has 0 unspecified atom stereocenters. The molecule has 0 aliphatic heterocycles. The average Bonchev–Trinajstić information content (AvgIpc) is 2.49. The third-order valence-corrected chi connectivity index (χ3v) is 3.48. The number of carbonyl (C=O) groups is 2. The first kappa shape index (κ1) is 14.8. The highest BCUT2D eigenvalue weighted by Gasteiger charge is 2.24. The van der Waals surface area contributed by atoms with Crippen molar-refractivity contribution in [3.8, 4) is 6.07 Å². The largest absolute Gasteiger partial charge is 0.549 e. The number of carbonyl (C=O) groups excluding carboxylic acids is 2. The monoisotopic (exact) mass is 283 g/mol. The van der Waals surface area contributed by atoms with E-state index < -0.39 is 17.8 Å². The summed E-state index contributed by atoms with van der Waals surface area (Å²) in [6, 6.07) is 8.95.